The summed E-state index contributed by atoms with van der Waals surface area (Å²) >= 11 is 6.01. The number of hydrogen-bond donors (Lipinski definition) is 1. The van der Waals surface area contributed by atoms with Crippen molar-refractivity contribution in [2.24, 2.45) is 7.05 Å². The lowest BCUT2D eigenvalue weighted by atomic mass is 10.2. The first kappa shape index (κ1) is 13.6. The van der Waals surface area contributed by atoms with E-state index < -0.39 is 0 Å². The van der Waals surface area contributed by atoms with Crippen molar-refractivity contribution in [1.82, 2.24) is 20.2 Å². The highest BCUT2D eigenvalue weighted by atomic mass is 35.5. The number of ether oxygens (including phenoxy) is 1. The number of halogens is 1. The van der Waals surface area contributed by atoms with E-state index >= 15 is 0 Å². The fourth-order valence-electron chi connectivity index (χ4n) is 1.59. The number of rotatable bonds is 6. The number of nitrogens with zero attached hydrogens (tertiary/aromatic N) is 4. The third-order valence-corrected chi connectivity index (χ3v) is 2.78. The Balaban J connectivity index is 2.09. The summed E-state index contributed by atoms with van der Waals surface area (Å²) in [5.74, 6) is 1.43. The van der Waals surface area contributed by atoms with Gasteiger partial charge in [0.2, 0.25) is 5.95 Å². The molecule has 7 heteroatoms. The zero-order valence-corrected chi connectivity index (χ0v) is 11.7. The van der Waals surface area contributed by atoms with Gasteiger partial charge in [-0.25, -0.2) is 4.68 Å². The number of aryl methyl sites for hydroxylation is 1. The largest absolute Gasteiger partial charge is 0.493 e. The Hall–Kier alpha value is -1.82. The van der Waals surface area contributed by atoms with Crippen LogP contribution in [-0.4, -0.2) is 26.8 Å². The zero-order chi connectivity index (χ0) is 13.7. The van der Waals surface area contributed by atoms with Crippen molar-refractivity contribution in [3.8, 4) is 5.75 Å². The van der Waals surface area contributed by atoms with E-state index in [9.17, 15) is 0 Å². The van der Waals surface area contributed by atoms with Gasteiger partial charge in [0.1, 0.15) is 5.75 Å². The lowest BCUT2D eigenvalue weighted by Gasteiger charge is -2.12. The summed E-state index contributed by atoms with van der Waals surface area (Å²) in [7, 11) is 1.77. The number of hydrogen-bond acceptors (Lipinski definition) is 5. The highest BCUT2D eigenvalue weighted by molar-refractivity contribution is 6.30. The minimum absolute atomic E-state index is 0.549. The van der Waals surface area contributed by atoms with Crippen LogP contribution in [0.2, 0.25) is 5.02 Å². The monoisotopic (exact) mass is 281 g/mol. The zero-order valence-electron chi connectivity index (χ0n) is 10.9. The SMILES string of the molecule is CCCOc1ccc(Cl)cc1CNc1nnnn1C. The summed E-state index contributed by atoms with van der Waals surface area (Å²) in [5.41, 5.74) is 0.976. The van der Waals surface area contributed by atoms with Crippen molar-refractivity contribution >= 4 is 17.5 Å². The molecule has 0 spiro atoms. The molecule has 2 rings (SSSR count). The van der Waals surface area contributed by atoms with Crippen LogP contribution in [0.4, 0.5) is 5.95 Å². The Kier molecular flexibility index (Phi) is 4.57. The summed E-state index contributed by atoms with van der Waals surface area (Å²) in [6.07, 6.45) is 0.961. The summed E-state index contributed by atoms with van der Waals surface area (Å²) in [6.45, 7) is 3.30. The van der Waals surface area contributed by atoms with Gasteiger partial charge in [-0.2, -0.15) is 0 Å². The lowest BCUT2D eigenvalue weighted by Crippen LogP contribution is -2.07. The first-order valence-corrected chi connectivity index (χ1v) is 6.46. The smallest absolute Gasteiger partial charge is 0.242 e. The quantitative estimate of drug-likeness (QED) is 0.880. The third-order valence-electron chi connectivity index (χ3n) is 2.54. The van der Waals surface area contributed by atoms with Gasteiger partial charge in [-0.1, -0.05) is 23.6 Å². The molecule has 0 saturated heterocycles. The second-order valence-corrected chi connectivity index (χ2v) is 4.52. The molecule has 0 atom stereocenters. The van der Waals surface area contributed by atoms with Crippen molar-refractivity contribution in [1.29, 1.82) is 0 Å². The van der Waals surface area contributed by atoms with Crippen LogP contribution in [0.5, 0.6) is 5.75 Å². The highest BCUT2D eigenvalue weighted by Gasteiger charge is 2.07. The lowest BCUT2D eigenvalue weighted by molar-refractivity contribution is 0.314. The molecule has 102 valence electrons. The molecule has 0 radical (unpaired) electrons. The summed E-state index contributed by atoms with van der Waals surface area (Å²) < 4.78 is 7.25. The molecule has 0 amide bonds. The predicted molar refractivity (Wildman–Crippen MR) is 73.4 cm³/mol. The maximum atomic E-state index is 6.01. The van der Waals surface area contributed by atoms with Crippen LogP contribution in [0.1, 0.15) is 18.9 Å². The third kappa shape index (κ3) is 3.57. The van der Waals surface area contributed by atoms with Gasteiger partial charge in [-0.15, -0.1) is 0 Å². The number of anilines is 1. The summed E-state index contributed by atoms with van der Waals surface area (Å²) in [4.78, 5) is 0. The Morgan fingerprint density at radius 1 is 1.42 bits per heavy atom. The van der Waals surface area contributed by atoms with Crippen molar-refractivity contribution < 1.29 is 4.74 Å². The summed E-state index contributed by atoms with van der Waals surface area (Å²) in [6, 6.07) is 5.58. The van der Waals surface area contributed by atoms with Crippen LogP contribution in [0.3, 0.4) is 0 Å². The average molecular weight is 282 g/mol. The van der Waals surface area contributed by atoms with Gasteiger partial charge < -0.3 is 10.1 Å². The molecule has 19 heavy (non-hydrogen) atoms. The van der Waals surface area contributed by atoms with E-state index in [0.717, 1.165) is 17.7 Å². The fourth-order valence-corrected chi connectivity index (χ4v) is 1.79. The van der Waals surface area contributed by atoms with E-state index in [0.29, 0.717) is 24.1 Å². The Bertz CT molecular complexity index is 543. The second kappa shape index (κ2) is 6.38. The van der Waals surface area contributed by atoms with Crippen molar-refractivity contribution in [3.63, 3.8) is 0 Å². The highest BCUT2D eigenvalue weighted by Crippen LogP contribution is 2.23. The normalized spacial score (nSPS) is 10.5. The van der Waals surface area contributed by atoms with E-state index in [1.165, 1.54) is 0 Å². The number of tetrazole rings is 1. The topological polar surface area (TPSA) is 64.9 Å². The first-order chi connectivity index (χ1) is 9.20. The number of aromatic nitrogens is 4. The molecule has 0 saturated carbocycles. The van der Waals surface area contributed by atoms with Crippen LogP contribution >= 0.6 is 11.6 Å². The predicted octanol–water partition coefficient (Wildman–Crippen LogP) is 2.26. The van der Waals surface area contributed by atoms with E-state index in [4.69, 9.17) is 16.3 Å². The maximum absolute atomic E-state index is 6.01. The first-order valence-electron chi connectivity index (χ1n) is 6.08. The molecular formula is C12H16ClN5O. The van der Waals surface area contributed by atoms with Gasteiger partial charge in [0.15, 0.2) is 0 Å². The molecule has 0 aliphatic rings. The maximum Gasteiger partial charge on any atom is 0.242 e. The van der Waals surface area contributed by atoms with Gasteiger partial charge in [-0.3, -0.25) is 0 Å². The Labute approximate surface area is 116 Å². The van der Waals surface area contributed by atoms with Crippen LogP contribution in [-0.2, 0) is 13.6 Å². The van der Waals surface area contributed by atoms with Gasteiger partial charge in [0.25, 0.3) is 0 Å². The fraction of sp³-hybridized carbons (Fsp3) is 0.417. The molecular weight excluding hydrogens is 266 g/mol. The van der Waals surface area contributed by atoms with Crippen molar-refractivity contribution in [2.45, 2.75) is 19.9 Å². The molecule has 2 aromatic rings. The summed E-state index contributed by atoms with van der Waals surface area (Å²) in [5, 5.41) is 15.0. The van der Waals surface area contributed by atoms with Crippen LogP contribution < -0.4 is 10.1 Å². The van der Waals surface area contributed by atoms with E-state index in [1.807, 2.05) is 18.2 Å². The molecule has 1 heterocycles. The Morgan fingerprint density at radius 2 is 2.26 bits per heavy atom. The van der Waals surface area contributed by atoms with Gasteiger partial charge >= 0.3 is 0 Å². The van der Waals surface area contributed by atoms with E-state index in [-0.39, 0.29) is 0 Å². The van der Waals surface area contributed by atoms with Crippen LogP contribution in [0.15, 0.2) is 18.2 Å². The molecule has 0 bridgehead atoms. The molecule has 1 N–H and O–H groups in total. The number of nitrogens with one attached hydrogen (secondary N) is 1. The molecule has 0 unspecified atom stereocenters. The van der Waals surface area contributed by atoms with Crippen molar-refractivity contribution in [2.75, 3.05) is 11.9 Å². The van der Waals surface area contributed by atoms with Crippen LogP contribution in [0, 0.1) is 0 Å². The standard InChI is InChI=1S/C12H16ClN5O/c1-3-6-19-11-5-4-10(13)7-9(11)8-14-12-15-16-17-18(12)2/h4-5,7H,3,6,8H2,1-2H3,(H,14,15,17). The van der Waals surface area contributed by atoms with E-state index in [2.05, 4.69) is 27.8 Å². The molecule has 1 aromatic carbocycles. The van der Waals surface area contributed by atoms with Gasteiger partial charge in [-0.05, 0) is 35.0 Å². The molecule has 0 aliphatic heterocycles. The van der Waals surface area contributed by atoms with Gasteiger partial charge in [0, 0.05) is 24.2 Å². The average Bonchev–Trinajstić information content (AvgIpc) is 2.81. The minimum Gasteiger partial charge on any atom is -0.493 e. The molecule has 0 aliphatic carbocycles. The van der Waals surface area contributed by atoms with Crippen LogP contribution in [0.25, 0.3) is 0 Å². The van der Waals surface area contributed by atoms with E-state index in [1.54, 1.807) is 11.7 Å². The molecule has 1 aromatic heterocycles. The second-order valence-electron chi connectivity index (χ2n) is 4.08. The molecule has 6 nitrogen and oxygen atoms in total. The van der Waals surface area contributed by atoms with Crippen molar-refractivity contribution in [3.05, 3.63) is 28.8 Å². The van der Waals surface area contributed by atoms with Gasteiger partial charge in [0.05, 0.1) is 6.61 Å². The number of benzene rings is 1. The molecule has 0 fully saturated rings. The minimum atomic E-state index is 0.549. The Morgan fingerprint density at radius 3 is 2.95 bits per heavy atom.